The van der Waals surface area contributed by atoms with E-state index in [9.17, 15) is 0 Å². The van der Waals surface area contributed by atoms with Gasteiger partial charge >= 0.3 is 21.1 Å². The van der Waals surface area contributed by atoms with Gasteiger partial charge in [0.05, 0.1) is 7.11 Å². The first-order valence-electron chi connectivity index (χ1n) is 1.43. The van der Waals surface area contributed by atoms with Gasteiger partial charge in [-0.25, -0.2) is 0 Å². The molecule has 0 saturated carbocycles. The maximum atomic E-state index is 4.60. The molecule has 0 aromatic heterocycles. The van der Waals surface area contributed by atoms with Crippen LogP contribution in [0.25, 0.3) is 0 Å². The van der Waals surface area contributed by atoms with E-state index >= 15 is 0 Å². The van der Waals surface area contributed by atoms with Crippen LogP contribution in [0.1, 0.15) is 0 Å². The smallest absolute Gasteiger partial charge is 0.482 e. The van der Waals surface area contributed by atoms with Crippen molar-refractivity contribution >= 4 is 28.4 Å². The molecule has 0 radical (unpaired) electrons. The first-order valence-corrected chi connectivity index (χ1v) is 3.06. The van der Waals surface area contributed by atoms with Crippen molar-refractivity contribution < 1.29 is 25.8 Å². The van der Waals surface area contributed by atoms with E-state index in [0.717, 1.165) is 0 Å². The molecule has 0 aliphatic carbocycles. The van der Waals surface area contributed by atoms with Crippen molar-refractivity contribution in [1.29, 1.82) is 0 Å². The van der Waals surface area contributed by atoms with E-state index in [4.69, 9.17) is 0 Å². The Morgan fingerprint density at radius 1 is 1.71 bits per heavy atom. The molecule has 4 heteroatoms. The maximum Gasteiger partial charge on any atom is 2.00 e. The average Bonchev–Trinajstić information content (AvgIpc) is 1.65. The zero-order chi connectivity index (χ0) is 4.99. The molecule has 0 aliphatic rings. The van der Waals surface area contributed by atoms with Crippen molar-refractivity contribution in [3.8, 4) is 0 Å². The second-order valence-electron chi connectivity index (χ2n) is 0.658. The summed E-state index contributed by atoms with van der Waals surface area (Å²) in [4.78, 5) is 0. The Balaban J connectivity index is 0. The van der Waals surface area contributed by atoms with Crippen LogP contribution in [-0.2, 0) is 25.8 Å². The van der Waals surface area contributed by atoms with Gasteiger partial charge in [-0.3, -0.25) is 0 Å². The van der Waals surface area contributed by atoms with Crippen LogP contribution >= 0.6 is 24.0 Å². The van der Waals surface area contributed by atoms with Crippen LogP contribution in [0.3, 0.4) is 0 Å². The second-order valence-corrected chi connectivity index (χ2v) is 2.07. The van der Waals surface area contributed by atoms with Gasteiger partial charge < -0.3 is 4.74 Å². The summed E-state index contributed by atoms with van der Waals surface area (Å²) in [6.07, 6.45) is 1.88. The molecule has 0 unspecified atom stereocenters. The van der Waals surface area contributed by atoms with Crippen LogP contribution in [0.15, 0.2) is 0 Å². The molecule has 0 fully saturated rings. The molecule has 0 aliphatic heterocycles. The third-order valence-corrected chi connectivity index (χ3v) is 1.50. The van der Waals surface area contributed by atoms with E-state index in [2.05, 4.69) is 17.0 Å². The summed E-state index contributed by atoms with van der Waals surface area (Å²) in [7, 11) is 1.57. The molecule has 0 N–H and O–H groups in total. The van der Waals surface area contributed by atoms with Gasteiger partial charge in [0.2, 0.25) is 4.38 Å². The Bertz CT molecular complexity index is 50.9. The first-order chi connectivity index (χ1) is 2.81. The summed E-state index contributed by atoms with van der Waals surface area (Å²) in [5.74, 6) is 0. The van der Waals surface area contributed by atoms with Crippen LogP contribution in [0.4, 0.5) is 0 Å². The standard InChI is InChI=1S/C3H6OS2.Pt/c1-4-3(5)6-2;/h1-2H3;/q;+2. The molecule has 0 heterocycles. The van der Waals surface area contributed by atoms with Gasteiger partial charge in [-0.05, 0) is 18.5 Å². The average molecular weight is 317 g/mol. The number of hydrogen-bond acceptors (Lipinski definition) is 3. The summed E-state index contributed by atoms with van der Waals surface area (Å²) >= 11 is 6.03. The SMILES string of the molecule is COC(=S)SC.[Pt+2]. The number of hydrogen-bond donors (Lipinski definition) is 0. The number of ether oxygens (including phenoxy) is 1. The minimum atomic E-state index is 0. The largest absolute Gasteiger partial charge is 2.00 e. The monoisotopic (exact) mass is 317 g/mol. The predicted molar refractivity (Wildman–Crippen MR) is 33.1 cm³/mol. The molecule has 0 spiro atoms. The molecule has 0 bridgehead atoms. The van der Waals surface area contributed by atoms with E-state index in [-0.39, 0.29) is 21.1 Å². The van der Waals surface area contributed by atoms with Crippen LogP contribution in [0.2, 0.25) is 0 Å². The Morgan fingerprint density at radius 3 is 2.14 bits per heavy atom. The van der Waals surface area contributed by atoms with Gasteiger partial charge in [-0.15, -0.1) is 0 Å². The fourth-order valence-corrected chi connectivity index (χ4v) is 0.250. The van der Waals surface area contributed by atoms with E-state index in [1.54, 1.807) is 7.11 Å². The van der Waals surface area contributed by atoms with Crippen LogP contribution in [0.5, 0.6) is 0 Å². The van der Waals surface area contributed by atoms with Crippen molar-refractivity contribution in [2.45, 2.75) is 0 Å². The predicted octanol–water partition coefficient (Wildman–Crippen LogP) is 1.28. The molecule has 0 atom stereocenters. The summed E-state index contributed by atoms with van der Waals surface area (Å²) in [6, 6.07) is 0. The number of thiocarbonyl (C=S) groups is 1. The van der Waals surface area contributed by atoms with Gasteiger partial charge in [-0.2, -0.15) is 0 Å². The molecule has 7 heavy (non-hydrogen) atoms. The zero-order valence-electron chi connectivity index (χ0n) is 4.04. The number of rotatable bonds is 0. The molecule has 1 nitrogen and oxygen atoms in total. The minimum Gasteiger partial charge on any atom is -0.482 e. The molecule has 0 aromatic rings. The minimum absolute atomic E-state index is 0. The summed E-state index contributed by atoms with van der Waals surface area (Å²) in [6.45, 7) is 0. The van der Waals surface area contributed by atoms with Crippen LogP contribution in [0, 0.1) is 0 Å². The van der Waals surface area contributed by atoms with Crippen molar-refractivity contribution in [2.24, 2.45) is 0 Å². The summed E-state index contributed by atoms with van der Waals surface area (Å²) in [5, 5.41) is 0. The molecule has 44 valence electrons. The van der Waals surface area contributed by atoms with Gasteiger partial charge in [0.25, 0.3) is 0 Å². The summed E-state index contributed by atoms with van der Waals surface area (Å²) in [5.41, 5.74) is 0. The van der Waals surface area contributed by atoms with Gasteiger partial charge in [0.1, 0.15) is 0 Å². The second kappa shape index (κ2) is 6.93. The Kier molecular flexibility index (Phi) is 10.7. The molecule has 0 rings (SSSR count). The van der Waals surface area contributed by atoms with Gasteiger partial charge in [-0.1, -0.05) is 11.8 Å². The van der Waals surface area contributed by atoms with Crippen molar-refractivity contribution in [3.63, 3.8) is 0 Å². The van der Waals surface area contributed by atoms with Crippen LogP contribution < -0.4 is 0 Å². The quantitative estimate of drug-likeness (QED) is 0.623. The van der Waals surface area contributed by atoms with Gasteiger partial charge in [0, 0.05) is 0 Å². The molecular formula is C3H6OPtS2+2. The summed E-state index contributed by atoms with van der Waals surface area (Å²) < 4.78 is 5.19. The Hall–Kier alpha value is 0.928. The zero-order valence-corrected chi connectivity index (χ0v) is 7.95. The van der Waals surface area contributed by atoms with Crippen molar-refractivity contribution in [1.82, 2.24) is 0 Å². The van der Waals surface area contributed by atoms with E-state index in [1.165, 1.54) is 11.8 Å². The van der Waals surface area contributed by atoms with Crippen LogP contribution in [-0.4, -0.2) is 17.7 Å². The Labute approximate surface area is 67.5 Å². The van der Waals surface area contributed by atoms with E-state index < -0.39 is 0 Å². The Morgan fingerprint density at radius 2 is 2.14 bits per heavy atom. The number of thioether (sulfide) groups is 1. The molecule has 0 saturated heterocycles. The fourth-order valence-electron chi connectivity index (χ4n) is 0.0833. The third-order valence-electron chi connectivity index (χ3n) is 0.333. The first kappa shape index (κ1) is 10.8. The van der Waals surface area contributed by atoms with Crippen molar-refractivity contribution in [2.75, 3.05) is 13.4 Å². The van der Waals surface area contributed by atoms with E-state index in [0.29, 0.717) is 4.38 Å². The molecule has 0 aromatic carbocycles. The van der Waals surface area contributed by atoms with Gasteiger partial charge in [0.15, 0.2) is 0 Å². The molecule has 0 amide bonds. The van der Waals surface area contributed by atoms with E-state index in [1.807, 2.05) is 6.26 Å². The molecular weight excluding hydrogens is 311 g/mol. The topological polar surface area (TPSA) is 9.23 Å². The maximum absolute atomic E-state index is 4.60. The third kappa shape index (κ3) is 6.93. The van der Waals surface area contributed by atoms with Crippen molar-refractivity contribution in [3.05, 3.63) is 0 Å². The number of methoxy groups -OCH3 is 1. The fraction of sp³-hybridized carbons (Fsp3) is 0.667. The normalized spacial score (nSPS) is 6.57.